The first kappa shape index (κ1) is 27.6. The van der Waals surface area contributed by atoms with E-state index in [0.717, 1.165) is 67.0 Å². The van der Waals surface area contributed by atoms with E-state index in [2.05, 4.69) is 41.0 Å². The molecule has 0 spiro atoms. The average Bonchev–Trinajstić information content (AvgIpc) is 3.83. The van der Waals surface area contributed by atoms with Crippen LogP contribution in [0.5, 0.6) is 0 Å². The number of rotatable bonds is 6. The van der Waals surface area contributed by atoms with Crippen LogP contribution in [0.1, 0.15) is 55.6 Å². The summed E-state index contributed by atoms with van der Waals surface area (Å²) < 4.78 is 4.97. The van der Waals surface area contributed by atoms with Crippen LogP contribution in [0, 0.1) is 12.8 Å². The van der Waals surface area contributed by atoms with Crippen molar-refractivity contribution in [2.24, 2.45) is 5.92 Å². The first-order valence-electron chi connectivity index (χ1n) is 14.7. The minimum atomic E-state index is -1.22. The van der Waals surface area contributed by atoms with Crippen LogP contribution in [0.25, 0.3) is 22.4 Å². The summed E-state index contributed by atoms with van der Waals surface area (Å²) in [6.07, 6.45) is 3.96. The smallest absolute Gasteiger partial charge is 0.450 e. The number of hydrogen-bond donors (Lipinski definition) is 1. The molecule has 41 heavy (non-hydrogen) atoms. The number of aromatic nitrogens is 1. The van der Waals surface area contributed by atoms with E-state index in [1.807, 2.05) is 30.3 Å². The van der Waals surface area contributed by atoms with Gasteiger partial charge in [-0.2, -0.15) is 0 Å². The van der Waals surface area contributed by atoms with Gasteiger partial charge in [0.1, 0.15) is 11.9 Å². The van der Waals surface area contributed by atoms with Gasteiger partial charge >= 0.3 is 6.16 Å². The number of anilines is 1. The average molecular weight is 574 g/mol. The molecule has 7 nitrogen and oxygen atoms in total. The SMILES string of the molecule is Cc1cc(-c2ccc(Cl)cc2-c2cccc(N3CCC(OC(=O)O)CC3)n2)ccc1C1CCN(C(=O)C2CC2)CC1. The van der Waals surface area contributed by atoms with E-state index in [1.165, 1.54) is 11.1 Å². The molecule has 1 aromatic heterocycles. The summed E-state index contributed by atoms with van der Waals surface area (Å²) in [6, 6.07) is 18.7. The number of hydrogen-bond acceptors (Lipinski definition) is 5. The van der Waals surface area contributed by atoms with Crippen molar-refractivity contribution in [2.45, 2.75) is 57.5 Å². The van der Waals surface area contributed by atoms with Crippen LogP contribution in [0.4, 0.5) is 10.6 Å². The Morgan fingerprint density at radius 2 is 1.66 bits per heavy atom. The van der Waals surface area contributed by atoms with Gasteiger partial charge in [-0.1, -0.05) is 41.9 Å². The van der Waals surface area contributed by atoms with Gasteiger partial charge in [0.05, 0.1) is 5.69 Å². The van der Waals surface area contributed by atoms with Crippen molar-refractivity contribution >= 4 is 29.5 Å². The standard InChI is InChI=1S/C33H36ClN3O4/c1-21-19-24(7-9-27(21)22-11-15-37(16-12-22)32(38)23-5-6-23)28-10-8-25(34)20-29(28)30-3-2-4-31(35-30)36-17-13-26(14-18-36)41-33(39)40/h2-4,7-10,19-20,22-23,26H,5-6,11-18H2,1H3,(H,39,40). The first-order chi connectivity index (χ1) is 19.9. The number of carbonyl (C=O) groups is 2. The van der Waals surface area contributed by atoms with Crippen LogP contribution in [-0.4, -0.2) is 59.3 Å². The second-order valence-corrected chi connectivity index (χ2v) is 12.0. The summed E-state index contributed by atoms with van der Waals surface area (Å²) in [6.45, 7) is 5.27. The molecule has 1 N–H and O–H groups in total. The fourth-order valence-corrected chi connectivity index (χ4v) is 6.55. The molecule has 3 fully saturated rings. The van der Waals surface area contributed by atoms with Crippen LogP contribution in [0.3, 0.4) is 0 Å². The summed E-state index contributed by atoms with van der Waals surface area (Å²) in [7, 11) is 0. The van der Waals surface area contributed by atoms with Crippen LogP contribution in [-0.2, 0) is 9.53 Å². The Bertz CT molecular complexity index is 1440. The Kier molecular flexibility index (Phi) is 7.89. The van der Waals surface area contributed by atoms with Gasteiger partial charge in [0.25, 0.3) is 0 Å². The summed E-state index contributed by atoms with van der Waals surface area (Å²) in [5, 5.41) is 9.58. The molecule has 2 aromatic carbocycles. The molecule has 3 aromatic rings. The van der Waals surface area contributed by atoms with E-state index >= 15 is 0 Å². The second kappa shape index (κ2) is 11.7. The van der Waals surface area contributed by atoms with Gasteiger partial charge in [-0.25, -0.2) is 9.78 Å². The zero-order valence-corrected chi connectivity index (χ0v) is 24.1. The quantitative estimate of drug-likeness (QED) is 0.315. The molecule has 0 unspecified atom stereocenters. The zero-order chi connectivity index (χ0) is 28.5. The molecular weight excluding hydrogens is 538 g/mol. The Hall–Kier alpha value is -3.58. The lowest BCUT2D eigenvalue weighted by atomic mass is 9.85. The maximum Gasteiger partial charge on any atom is 0.506 e. The first-order valence-corrected chi connectivity index (χ1v) is 15.0. The third kappa shape index (κ3) is 6.20. The van der Waals surface area contributed by atoms with E-state index in [-0.39, 0.29) is 6.10 Å². The van der Waals surface area contributed by atoms with E-state index in [0.29, 0.717) is 48.7 Å². The van der Waals surface area contributed by atoms with Crippen molar-refractivity contribution in [1.82, 2.24) is 9.88 Å². The van der Waals surface area contributed by atoms with Gasteiger partial charge in [-0.3, -0.25) is 4.79 Å². The largest absolute Gasteiger partial charge is 0.506 e. The molecule has 6 rings (SSSR count). The van der Waals surface area contributed by atoms with E-state index in [1.54, 1.807) is 0 Å². The maximum atomic E-state index is 12.5. The summed E-state index contributed by atoms with van der Waals surface area (Å²) in [4.78, 5) is 32.7. The molecule has 1 aliphatic carbocycles. The number of nitrogens with zero attached hydrogens (tertiary/aromatic N) is 3. The molecule has 0 atom stereocenters. The number of carbonyl (C=O) groups excluding carboxylic acids is 1. The Morgan fingerprint density at radius 3 is 2.34 bits per heavy atom. The van der Waals surface area contributed by atoms with E-state index in [4.69, 9.17) is 26.4 Å². The predicted molar refractivity (Wildman–Crippen MR) is 160 cm³/mol. The molecule has 0 radical (unpaired) electrons. The predicted octanol–water partition coefficient (Wildman–Crippen LogP) is 7.16. The molecule has 3 heterocycles. The minimum absolute atomic E-state index is 0.268. The highest BCUT2D eigenvalue weighted by Gasteiger charge is 2.35. The Balaban J connectivity index is 1.21. The zero-order valence-electron chi connectivity index (χ0n) is 23.4. The highest BCUT2D eigenvalue weighted by Crippen LogP contribution is 2.38. The van der Waals surface area contributed by atoms with Crippen molar-refractivity contribution in [3.63, 3.8) is 0 Å². The molecular formula is C33H36ClN3O4. The number of pyridine rings is 1. The van der Waals surface area contributed by atoms with Gasteiger partial charge in [0, 0.05) is 55.5 Å². The summed E-state index contributed by atoms with van der Waals surface area (Å²) in [5.74, 6) is 1.99. The number of carboxylic acid groups (broad SMARTS) is 1. The number of ether oxygens (including phenoxy) is 1. The number of likely N-dealkylation sites (tertiary alicyclic amines) is 1. The Labute approximate surface area is 246 Å². The monoisotopic (exact) mass is 573 g/mol. The number of aryl methyl sites for hydroxylation is 1. The Morgan fingerprint density at radius 1 is 0.902 bits per heavy atom. The van der Waals surface area contributed by atoms with Crippen molar-refractivity contribution in [2.75, 3.05) is 31.1 Å². The number of benzene rings is 2. The normalized spacial score (nSPS) is 18.4. The third-order valence-corrected chi connectivity index (χ3v) is 9.01. The van der Waals surface area contributed by atoms with Crippen LogP contribution >= 0.6 is 11.6 Å². The molecule has 8 heteroatoms. The topological polar surface area (TPSA) is 83.0 Å². The van der Waals surface area contributed by atoms with Crippen LogP contribution in [0.15, 0.2) is 54.6 Å². The van der Waals surface area contributed by atoms with Crippen LogP contribution in [0.2, 0.25) is 5.02 Å². The van der Waals surface area contributed by atoms with E-state index < -0.39 is 6.16 Å². The third-order valence-electron chi connectivity index (χ3n) is 8.78. The lowest BCUT2D eigenvalue weighted by Gasteiger charge is -2.33. The van der Waals surface area contributed by atoms with Gasteiger partial charge in [-0.15, -0.1) is 0 Å². The van der Waals surface area contributed by atoms with E-state index in [9.17, 15) is 9.59 Å². The van der Waals surface area contributed by atoms with Crippen molar-refractivity contribution in [3.8, 4) is 22.4 Å². The summed E-state index contributed by atoms with van der Waals surface area (Å²) >= 11 is 6.49. The van der Waals surface area contributed by atoms with Gasteiger partial charge < -0.3 is 19.6 Å². The number of piperidine rings is 2. The number of halogens is 1. The van der Waals surface area contributed by atoms with Crippen molar-refractivity contribution in [1.29, 1.82) is 0 Å². The lowest BCUT2D eigenvalue weighted by molar-refractivity contribution is -0.133. The molecule has 0 bridgehead atoms. The molecule has 1 saturated carbocycles. The summed E-state index contributed by atoms with van der Waals surface area (Å²) in [5.41, 5.74) is 6.66. The van der Waals surface area contributed by atoms with Gasteiger partial charge in [0.15, 0.2) is 0 Å². The molecule has 1 amide bonds. The lowest BCUT2D eigenvalue weighted by Crippen LogP contribution is -2.38. The minimum Gasteiger partial charge on any atom is -0.450 e. The van der Waals surface area contributed by atoms with Gasteiger partial charge in [0.2, 0.25) is 5.91 Å². The van der Waals surface area contributed by atoms with Crippen LogP contribution < -0.4 is 4.90 Å². The highest BCUT2D eigenvalue weighted by atomic mass is 35.5. The fraction of sp³-hybridized carbons (Fsp3) is 0.424. The molecule has 214 valence electrons. The molecule has 2 saturated heterocycles. The van der Waals surface area contributed by atoms with Crippen molar-refractivity contribution < 1.29 is 19.4 Å². The number of amides is 1. The second-order valence-electron chi connectivity index (χ2n) is 11.6. The highest BCUT2D eigenvalue weighted by molar-refractivity contribution is 6.31. The molecule has 3 aliphatic rings. The maximum absolute atomic E-state index is 12.5. The molecule has 2 aliphatic heterocycles. The van der Waals surface area contributed by atoms with Gasteiger partial charge in [-0.05, 0) is 85.0 Å². The van der Waals surface area contributed by atoms with Crippen molar-refractivity contribution in [3.05, 3.63) is 70.7 Å². The fourth-order valence-electron chi connectivity index (χ4n) is 6.38.